The fourth-order valence-corrected chi connectivity index (χ4v) is 1.45. The number of hydrogen-bond acceptors (Lipinski definition) is 7. The average molecular weight is 346 g/mol. The van der Waals surface area contributed by atoms with E-state index in [9.17, 15) is 14.4 Å². The molecule has 5 N–H and O–H groups in total. The second kappa shape index (κ2) is 21.2. The molecule has 0 aliphatic rings. The second-order valence-electron chi connectivity index (χ2n) is 4.39. The molecule has 0 rings (SSSR count). The summed E-state index contributed by atoms with van der Waals surface area (Å²) in [6.45, 7) is 2.39. The van der Waals surface area contributed by atoms with E-state index < -0.39 is 0 Å². The van der Waals surface area contributed by atoms with Crippen molar-refractivity contribution in [1.29, 1.82) is 5.41 Å². The summed E-state index contributed by atoms with van der Waals surface area (Å²) in [5, 5.41) is 12.1. The van der Waals surface area contributed by atoms with Crippen molar-refractivity contribution in [3.8, 4) is 0 Å². The van der Waals surface area contributed by atoms with Crippen LogP contribution in [0, 0.1) is 5.41 Å². The fourth-order valence-electron chi connectivity index (χ4n) is 1.45. The van der Waals surface area contributed by atoms with Crippen molar-refractivity contribution < 1.29 is 23.9 Å². The van der Waals surface area contributed by atoms with Gasteiger partial charge in [-0.15, -0.1) is 0 Å². The zero-order valence-electron chi connectivity index (χ0n) is 14.3. The van der Waals surface area contributed by atoms with Crippen LogP contribution in [0.1, 0.15) is 25.7 Å². The van der Waals surface area contributed by atoms with E-state index in [0.717, 1.165) is 0 Å². The highest BCUT2D eigenvalue weighted by atomic mass is 16.5. The number of unbranched alkanes of at least 4 members (excludes halogenated alkanes) is 1. The molecule has 0 fully saturated rings. The first-order valence-corrected chi connectivity index (χ1v) is 7.90. The zero-order chi connectivity index (χ0) is 18.5. The first-order valence-electron chi connectivity index (χ1n) is 7.90. The SMILES string of the molecule is CN.N=CCCCC(=O)NCCOCCOCCNC(=O)CC=O. The fraction of sp³-hybridized carbons (Fsp3) is 0.733. The summed E-state index contributed by atoms with van der Waals surface area (Å²) < 4.78 is 10.5. The molecule has 0 atom stereocenters. The van der Waals surface area contributed by atoms with E-state index in [4.69, 9.17) is 14.9 Å². The van der Waals surface area contributed by atoms with E-state index in [2.05, 4.69) is 16.4 Å². The molecule has 0 unspecified atom stereocenters. The molecule has 0 saturated carbocycles. The van der Waals surface area contributed by atoms with Gasteiger partial charge in [-0.1, -0.05) is 0 Å². The van der Waals surface area contributed by atoms with Crippen LogP contribution in [0.15, 0.2) is 0 Å². The van der Waals surface area contributed by atoms with Crippen LogP contribution in [0.2, 0.25) is 0 Å². The molecular formula is C15H30N4O5. The number of rotatable bonds is 15. The van der Waals surface area contributed by atoms with Gasteiger partial charge in [0.2, 0.25) is 11.8 Å². The van der Waals surface area contributed by atoms with Gasteiger partial charge in [-0.05, 0) is 26.1 Å². The molecule has 24 heavy (non-hydrogen) atoms. The zero-order valence-corrected chi connectivity index (χ0v) is 14.3. The minimum atomic E-state index is -0.314. The van der Waals surface area contributed by atoms with Crippen molar-refractivity contribution in [2.24, 2.45) is 5.73 Å². The van der Waals surface area contributed by atoms with Gasteiger partial charge in [0.05, 0.1) is 32.8 Å². The van der Waals surface area contributed by atoms with Gasteiger partial charge in [0.15, 0.2) is 0 Å². The molecule has 0 aliphatic carbocycles. The molecule has 9 nitrogen and oxygen atoms in total. The molecule has 0 aromatic rings. The lowest BCUT2D eigenvalue weighted by molar-refractivity contribution is -0.124. The number of carbonyl (C=O) groups is 3. The predicted molar refractivity (Wildman–Crippen MR) is 91.1 cm³/mol. The lowest BCUT2D eigenvalue weighted by atomic mass is 10.2. The monoisotopic (exact) mass is 346 g/mol. The maximum Gasteiger partial charge on any atom is 0.227 e. The van der Waals surface area contributed by atoms with Gasteiger partial charge in [-0.3, -0.25) is 9.59 Å². The van der Waals surface area contributed by atoms with Crippen LogP contribution >= 0.6 is 0 Å². The van der Waals surface area contributed by atoms with Crippen molar-refractivity contribution in [3.63, 3.8) is 0 Å². The Balaban J connectivity index is 0. The van der Waals surface area contributed by atoms with Crippen molar-refractivity contribution in [2.45, 2.75) is 25.7 Å². The Morgan fingerprint density at radius 2 is 1.54 bits per heavy atom. The van der Waals surface area contributed by atoms with Crippen molar-refractivity contribution >= 4 is 24.3 Å². The molecule has 2 amide bonds. The highest BCUT2D eigenvalue weighted by molar-refractivity contribution is 5.87. The van der Waals surface area contributed by atoms with Gasteiger partial charge in [-0.25, -0.2) is 0 Å². The number of ether oxygens (including phenoxy) is 2. The maximum atomic E-state index is 11.3. The Morgan fingerprint density at radius 1 is 1.00 bits per heavy atom. The van der Waals surface area contributed by atoms with Crippen LogP contribution in [0.5, 0.6) is 0 Å². The molecule has 0 bridgehead atoms. The molecule has 0 heterocycles. The number of nitrogens with two attached hydrogens (primary N) is 1. The van der Waals surface area contributed by atoms with Crippen LogP contribution in [0.3, 0.4) is 0 Å². The van der Waals surface area contributed by atoms with Crippen LogP contribution in [-0.4, -0.2) is 70.9 Å². The van der Waals surface area contributed by atoms with Crippen LogP contribution < -0.4 is 16.4 Å². The molecular weight excluding hydrogens is 316 g/mol. The maximum absolute atomic E-state index is 11.3. The van der Waals surface area contributed by atoms with Gasteiger partial charge in [0, 0.05) is 19.5 Å². The first kappa shape index (κ1) is 24.4. The number of hydrogen-bond donors (Lipinski definition) is 4. The van der Waals surface area contributed by atoms with Gasteiger partial charge in [-0.2, -0.15) is 0 Å². The van der Waals surface area contributed by atoms with E-state index in [0.29, 0.717) is 65.1 Å². The third-order valence-corrected chi connectivity index (χ3v) is 2.53. The first-order chi connectivity index (χ1) is 11.7. The predicted octanol–water partition coefficient (Wildman–Crippen LogP) is -0.764. The van der Waals surface area contributed by atoms with Crippen LogP contribution in [0.25, 0.3) is 0 Å². The minimum Gasteiger partial charge on any atom is -0.377 e. The van der Waals surface area contributed by atoms with Crippen molar-refractivity contribution in [1.82, 2.24) is 10.6 Å². The summed E-state index contributed by atoms with van der Waals surface area (Å²) in [7, 11) is 1.50. The van der Waals surface area contributed by atoms with E-state index in [1.54, 1.807) is 0 Å². The Hall–Kier alpha value is -1.84. The van der Waals surface area contributed by atoms with E-state index in [1.807, 2.05) is 0 Å². The average Bonchev–Trinajstić information content (AvgIpc) is 2.59. The Bertz CT molecular complexity index is 340. The smallest absolute Gasteiger partial charge is 0.227 e. The summed E-state index contributed by atoms with van der Waals surface area (Å²) in [5.41, 5.74) is 4.50. The summed E-state index contributed by atoms with van der Waals surface area (Å²) in [6.07, 6.45) is 3.45. The standard InChI is InChI=1S/C14H25N3O5.CH5N/c15-5-2-1-3-13(19)16-6-9-21-11-12-22-10-7-17-14(20)4-8-18;1-2/h5,8,15H,1-4,6-7,9-12H2,(H,16,19)(H,17,20);2H2,1H3. The van der Waals surface area contributed by atoms with Crippen LogP contribution in [-0.2, 0) is 23.9 Å². The second-order valence-corrected chi connectivity index (χ2v) is 4.39. The molecule has 140 valence electrons. The highest BCUT2D eigenvalue weighted by Gasteiger charge is 2.00. The molecule has 0 aliphatic heterocycles. The molecule has 0 radical (unpaired) electrons. The normalized spacial score (nSPS) is 9.42. The van der Waals surface area contributed by atoms with Crippen molar-refractivity contribution in [3.05, 3.63) is 0 Å². The largest absolute Gasteiger partial charge is 0.377 e. The lowest BCUT2D eigenvalue weighted by Gasteiger charge is -2.07. The third-order valence-electron chi connectivity index (χ3n) is 2.53. The topological polar surface area (TPSA) is 144 Å². The molecule has 9 heteroatoms. The van der Waals surface area contributed by atoms with E-state index in [1.165, 1.54) is 13.3 Å². The van der Waals surface area contributed by atoms with Gasteiger partial charge < -0.3 is 36.0 Å². The summed E-state index contributed by atoms with van der Waals surface area (Å²) >= 11 is 0. The van der Waals surface area contributed by atoms with Gasteiger partial charge >= 0.3 is 0 Å². The summed E-state index contributed by atoms with van der Waals surface area (Å²) in [6, 6.07) is 0. The Kier molecular flexibility index (Phi) is 21.5. The Morgan fingerprint density at radius 3 is 2.04 bits per heavy atom. The lowest BCUT2D eigenvalue weighted by Crippen LogP contribution is -2.28. The Labute approximate surface area is 143 Å². The number of aldehydes is 1. The van der Waals surface area contributed by atoms with Gasteiger partial charge in [0.25, 0.3) is 0 Å². The van der Waals surface area contributed by atoms with Gasteiger partial charge in [0.1, 0.15) is 6.29 Å². The molecule has 0 aromatic heterocycles. The minimum absolute atomic E-state index is 0.0345. The molecule has 0 spiro atoms. The quantitative estimate of drug-likeness (QED) is 0.133. The van der Waals surface area contributed by atoms with Crippen molar-refractivity contribution in [2.75, 3.05) is 46.6 Å². The number of amides is 2. The summed E-state index contributed by atoms with van der Waals surface area (Å²) in [4.78, 5) is 32.3. The molecule has 0 aromatic carbocycles. The van der Waals surface area contributed by atoms with E-state index in [-0.39, 0.29) is 18.2 Å². The van der Waals surface area contributed by atoms with E-state index >= 15 is 0 Å². The van der Waals surface area contributed by atoms with Crippen LogP contribution in [0.4, 0.5) is 0 Å². The third kappa shape index (κ3) is 20.2. The molecule has 0 saturated heterocycles. The number of nitrogens with one attached hydrogen (secondary N) is 3. The number of carbonyl (C=O) groups excluding carboxylic acids is 3. The summed E-state index contributed by atoms with van der Waals surface area (Å²) in [5.74, 6) is -0.348. The highest BCUT2D eigenvalue weighted by Crippen LogP contribution is 1.91.